The highest BCUT2D eigenvalue weighted by Gasteiger charge is 2.63. The van der Waals surface area contributed by atoms with E-state index in [1.807, 2.05) is 0 Å². The first-order valence-electron chi connectivity index (χ1n) is 7.69. The van der Waals surface area contributed by atoms with E-state index in [9.17, 15) is 9.50 Å². The number of rotatable bonds is 3. The zero-order chi connectivity index (χ0) is 17.1. The van der Waals surface area contributed by atoms with Crippen molar-refractivity contribution in [3.8, 4) is 0 Å². The summed E-state index contributed by atoms with van der Waals surface area (Å²) < 4.78 is 33.0. The van der Waals surface area contributed by atoms with Crippen molar-refractivity contribution in [2.24, 2.45) is 0 Å². The Balaban J connectivity index is 1.81. The van der Waals surface area contributed by atoms with Crippen molar-refractivity contribution < 1.29 is 23.7 Å². The van der Waals surface area contributed by atoms with Gasteiger partial charge >= 0.3 is 0 Å². The van der Waals surface area contributed by atoms with Crippen LogP contribution in [0.15, 0.2) is 18.5 Å². The van der Waals surface area contributed by atoms with E-state index in [1.165, 1.54) is 6.33 Å². The normalized spacial score (nSPS) is 34.8. The van der Waals surface area contributed by atoms with Gasteiger partial charge in [0.25, 0.3) is 0 Å². The highest BCUT2D eigenvalue weighted by Crippen LogP contribution is 2.50. The van der Waals surface area contributed by atoms with Gasteiger partial charge in [0.05, 0.1) is 12.3 Å². The van der Waals surface area contributed by atoms with E-state index < -0.39 is 43.0 Å². The molecule has 3 N–H and O–H groups in total. The SMILES string of the molecule is CC1(C)O[C@H]2C(c3ccc4c(N)ncnn34)O[C@@](CO)(CF)[C@H]2O1. The summed E-state index contributed by atoms with van der Waals surface area (Å²) in [4.78, 5) is 3.95. The summed E-state index contributed by atoms with van der Waals surface area (Å²) in [5.74, 6) is -0.567. The van der Waals surface area contributed by atoms with Gasteiger partial charge in [0, 0.05) is 0 Å². The lowest BCUT2D eigenvalue weighted by atomic mass is 9.96. The Morgan fingerprint density at radius 2 is 2.12 bits per heavy atom. The average molecular weight is 338 g/mol. The summed E-state index contributed by atoms with van der Waals surface area (Å²) in [7, 11) is 0. The predicted octanol–water partition coefficient (Wildman–Crippen LogP) is 0.603. The lowest BCUT2D eigenvalue weighted by Gasteiger charge is -2.30. The number of halogens is 1. The topological polar surface area (TPSA) is 104 Å². The molecule has 0 aromatic carbocycles. The zero-order valence-corrected chi connectivity index (χ0v) is 13.3. The summed E-state index contributed by atoms with van der Waals surface area (Å²) >= 11 is 0. The average Bonchev–Trinajstić information content (AvgIpc) is 3.18. The largest absolute Gasteiger partial charge is 0.393 e. The van der Waals surface area contributed by atoms with Crippen LogP contribution in [0.4, 0.5) is 10.2 Å². The van der Waals surface area contributed by atoms with Gasteiger partial charge < -0.3 is 25.1 Å². The summed E-state index contributed by atoms with van der Waals surface area (Å²) in [5.41, 5.74) is 5.64. The molecule has 2 aliphatic rings. The third kappa shape index (κ3) is 2.05. The maximum Gasteiger partial charge on any atom is 0.164 e. The third-order valence-electron chi connectivity index (χ3n) is 4.60. The van der Waals surface area contributed by atoms with E-state index in [0.29, 0.717) is 17.0 Å². The van der Waals surface area contributed by atoms with Crippen LogP contribution >= 0.6 is 0 Å². The number of fused-ring (bicyclic) bond motifs is 2. The van der Waals surface area contributed by atoms with Crippen LogP contribution in [0.3, 0.4) is 0 Å². The van der Waals surface area contributed by atoms with Crippen LogP contribution < -0.4 is 5.73 Å². The maximum absolute atomic E-state index is 13.8. The fourth-order valence-corrected chi connectivity index (χ4v) is 3.50. The molecule has 9 heteroatoms. The molecule has 2 fully saturated rings. The molecule has 2 aromatic rings. The van der Waals surface area contributed by atoms with E-state index in [0.717, 1.165) is 0 Å². The molecule has 2 aliphatic heterocycles. The van der Waals surface area contributed by atoms with Gasteiger partial charge in [-0.15, -0.1) is 0 Å². The van der Waals surface area contributed by atoms with E-state index in [2.05, 4.69) is 10.1 Å². The van der Waals surface area contributed by atoms with Crippen LogP contribution in [0, 0.1) is 0 Å². The first kappa shape index (κ1) is 15.7. The van der Waals surface area contributed by atoms with Crippen LogP contribution in [0.25, 0.3) is 5.52 Å². The molecule has 2 saturated heterocycles. The molecular weight excluding hydrogens is 319 g/mol. The smallest absolute Gasteiger partial charge is 0.164 e. The molecule has 8 nitrogen and oxygen atoms in total. The number of nitrogens with two attached hydrogens (primary N) is 1. The van der Waals surface area contributed by atoms with Crippen molar-refractivity contribution >= 4 is 11.3 Å². The van der Waals surface area contributed by atoms with E-state index >= 15 is 0 Å². The van der Waals surface area contributed by atoms with Crippen molar-refractivity contribution in [2.75, 3.05) is 19.0 Å². The van der Waals surface area contributed by atoms with Crippen LogP contribution in [-0.4, -0.2) is 56.6 Å². The molecule has 2 aromatic heterocycles. The first-order chi connectivity index (χ1) is 11.4. The number of aliphatic hydroxyl groups is 1. The molecule has 4 rings (SSSR count). The van der Waals surface area contributed by atoms with Gasteiger partial charge in [0.1, 0.15) is 42.4 Å². The van der Waals surface area contributed by atoms with E-state index in [-0.39, 0.29) is 0 Å². The molecule has 130 valence electrons. The van der Waals surface area contributed by atoms with Crippen LogP contribution in [0.1, 0.15) is 25.6 Å². The van der Waals surface area contributed by atoms with Crippen LogP contribution in [0.2, 0.25) is 0 Å². The number of ether oxygens (including phenoxy) is 3. The standard InChI is InChI=1S/C15H19FN4O4/c1-14(2)22-11-10(23-15(5-16,6-21)12(11)24-14)8-3-4-9-13(17)18-7-19-20(8)9/h3-4,7,10-12,21H,5-6H2,1-2H3,(H2,17,18,19)/t10?,11-,12-,15+/m0/s1. The molecule has 0 amide bonds. The van der Waals surface area contributed by atoms with Crippen molar-refractivity contribution in [1.82, 2.24) is 14.6 Å². The number of alkyl halides is 1. The number of anilines is 1. The Morgan fingerprint density at radius 1 is 1.33 bits per heavy atom. The molecule has 0 bridgehead atoms. The summed E-state index contributed by atoms with van der Waals surface area (Å²) in [6.07, 6.45) is -0.617. The fraction of sp³-hybridized carbons (Fsp3) is 0.600. The minimum Gasteiger partial charge on any atom is -0.393 e. The number of hydrogen-bond donors (Lipinski definition) is 2. The molecule has 1 unspecified atom stereocenters. The van der Waals surface area contributed by atoms with Gasteiger partial charge in [-0.05, 0) is 26.0 Å². The van der Waals surface area contributed by atoms with Gasteiger partial charge in [-0.25, -0.2) is 13.9 Å². The summed E-state index contributed by atoms with van der Waals surface area (Å²) in [5, 5.41) is 13.9. The Bertz CT molecular complexity index is 776. The third-order valence-corrected chi connectivity index (χ3v) is 4.60. The number of nitrogen functional groups attached to an aromatic ring is 1. The van der Waals surface area contributed by atoms with E-state index in [1.54, 1.807) is 30.5 Å². The van der Waals surface area contributed by atoms with Gasteiger partial charge in [-0.1, -0.05) is 0 Å². The molecule has 0 saturated carbocycles. The lowest BCUT2D eigenvalue weighted by Crippen LogP contribution is -2.48. The minimum absolute atomic E-state index is 0.327. The second-order valence-corrected chi connectivity index (χ2v) is 6.62. The molecule has 0 radical (unpaired) electrons. The number of nitrogens with zero attached hydrogens (tertiary/aromatic N) is 3. The first-order valence-corrected chi connectivity index (χ1v) is 7.69. The van der Waals surface area contributed by atoms with Crippen molar-refractivity contribution in [3.63, 3.8) is 0 Å². The van der Waals surface area contributed by atoms with Gasteiger partial charge in [0.15, 0.2) is 11.6 Å². The van der Waals surface area contributed by atoms with Crippen molar-refractivity contribution in [1.29, 1.82) is 0 Å². The zero-order valence-electron chi connectivity index (χ0n) is 13.3. The molecule has 24 heavy (non-hydrogen) atoms. The summed E-state index contributed by atoms with van der Waals surface area (Å²) in [6, 6.07) is 3.54. The van der Waals surface area contributed by atoms with Gasteiger partial charge in [-0.3, -0.25) is 0 Å². The molecule has 4 atom stereocenters. The van der Waals surface area contributed by atoms with Crippen molar-refractivity contribution in [2.45, 2.75) is 43.5 Å². The predicted molar refractivity (Wildman–Crippen MR) is 80.8 cm³/mol. The quantitative estimate of drug-likeness (QED) is 0.844. The maximum atomic E-state index is 13.8. The number of hydrogen-bond acceptors (Lipinski definition) is 7. The number of aliphatic hydroxyl groups excluding tert-OH is 1. The second kappa shape index (κ2) is 5.09. The Labute approximate surface area is 137 Å². The number of aromatic nitrogens is 3. The van der Waals surface area contributed by atoms with Crippen LogP contribution in [0.5, 0.6) is 0 Å². The van der Waals surface area contributed by atoms with Gasteiger partial charge in [0.2, 0.25) is 0 Å². The Morgan fingerprint density at radius 3 is 2.83 bits per heavy atom. The van der Waals surface area contributed by atoms with Crippen molar-refractivity contribution in [3.05, 3.63) is 24.2 Å². The van der Waals surface area contributed by atoms with Crippen LogP contribution in [-0.2, 0) is 14.2 Å². The molecule has 4 heterocycles. The molecular formula is C15H19FN4O4. The Kier molecular flexibility index (Phi) is 3.33. The highest BCUT2D eigenvalue weighted by molar-refractivity contribution is 5.65. The summed E-state index contributed by atoms with van der Waals surface area (Å²) in [6.45, 7) is 2.10. The molecule has 0 aliphatic carbocycles. The monoisotopic (exact) mass is 338 g/mol. The van der Waals surface area contributed by atoms with E-state index in [4.69, 9.17) is 19.9 Å². The highest BCUT2D eigenvalue weighted by atomic mass is 19.1. The lowest BCUT2D eigenvalue weighted by molar-refractivity contribution is -0.220. The second-order valence-electron chi connectivity index (χ2n) is 6.62. The Hall–Kier alpha value is -1.81. The molecule has 0 spiro atoms. The van der Waals surface area contributed by atoms with Gasteiger partial charge in [-0.2, -0.15) is 5.10 Å². The minimum atomic E-state index is -1.47. The fourth-order valence-electron chi connectivity index (χ4n) is 3.50.